The fourth-order valence-electron chi connectivity index (χ4n) is 6.20. The molecular weight excluding hydrogens is 276 g/mol. The molecule has 0 aliphatic heterocycles. The van der Waals surface area contributed by atoms with E-state index in [0.29, 0.717) is 30.0 Å². The first-order valence-corrected chi connectivity index (χ1v) is 8.73. The number of allylic oxidation sites excluding steroid dienone is 3. The minimum atomic E-state index is -0.0996. The summed E-state index contributed by atoms with van der Waals surface area (Å²) in [5, 5.41) is 20.2. The minimum Gasteiger partial charge on any atom is -0.508 e. The van der Waals surface area contributed by atoms with Gasteiger partial charge in [0.15, 0.2) is 5.76 Å². The minimum absolute atomic E-state index is 0.0355. The fraction of sp³-hybridized carbons (Fsp3) is 0.737. The topological polar surface area (TPSA) is 57.5 Å². The summed E-state index contributed by atoms with van der Waals surface area (Å²) < 4.78 is 0. The average Bonchev–Trinajstić information content (AvgIpc) is 2.79. The quantitative estimate of drug-likeness (QED) is 0.694. The number of carbonyl (C=O) groups excluding carboxylic acids is 1. The molecule has 4 aliphatic carbocycles. The Morgan fingerprint density at radius 2 is 1.77 bits per heavy atom. The van der Waals surface area contributed by atoms with Gasteiger partial charge in [-0.3, -0.25) is 4.79 Å². The Kier molecular flexibility index (Phi) is 2.87. The van der Waals surface area contributed by atoms with Crippen molar-refractivity contribution < 1.29 is 15.0 Å². The zero-order chi connectivity index (χ0) is 15.7. The van der Waals surface area contributed by atoms with Gasteiger partial charge in [0.25, 0.3) is 0 Å². The number of rotatable bonds is 0. The first-order chi connectivity index (χ1) is 10.4. The van der Waals surface area contributed by atoms with E-state index in [-0.39, 0.29) is 22.3 Å². The molecule has 22 heavy (non-hydrogen) atoms. The van der Waals surface area contributed by atoms with Crippen LogP contribution >= 0.6 is 0 Å². The predicted molar refractivity (Wildman–Crippen MR) is 84.4 cm³/mol. The van der Waals surface area contributed by atoms with Gasteiger partial charge in [0.1, 0.15) is 11.5 Å². The normalized spacial score (nSPS) is 47.6. The lowest BCUT2D eigenvalue weighted by Crippen LogP contribution is -2.49. The molecule has 0 radical (unpaired) electrons. The van der Waals surface area contributed by atoms with E-state index in [0.717, 1.165) is 44.1 Å². The number of Topliss-reactive ketones (excluding diaryl/α,β-unsaturated/α-hetero) is 1. The monoisotopic (exact) mass is 302 g/mol. The average molecular weight is 302 g/mol. The van der Waals surface area contributed by atoms with E-state index < -0.39 is 0 Å². The summed E-state index contributed by atoms with van der Waals surface area (Å²) in [5.74, 6) is 2.36. The van der Waals surface area contributed by atoms with Crippen molar-refractivity contribution in [3.63, 3.8) is 0 Å². The second-order valence-corrected chi connectivity index (χ2v) is 8.36. The molecule has 2 saturated carbocycles. The summed E-state index contributed by atoms with van der Waals surface area (Å²) in [4.78, 5) is 12.4. The number of carbonyl (C=O) groups is 1. The van der Waals surface area contributed by atoms with Crippen molar-refractivity contribution in [3.8, 4) is 0 Å². The summed E-state index contributed by atoms with van der Waals surface area (Å²) >= 11 is 0. The molecule has 0 bridgehead atoms. The SMILES string of the molecule is CC12CCC3C(CC=C4C(O)=C(O)CCC43C)C1CCC2=O. The first kappa shape index (κ1) is 14.3. The van der Waals surface area contributed by atoms with E-state index in [2.05, 4.69) is 19.9 Å². The van der Waals surface area contributed by atoms with Gasteiger partial charge in [-0.1, -0.05) is 19.9 Å². The van der Waals surface area contributed by atoms with Crippen LogP contribution in [0.1, 0.15) is 58.8 Å². The molecule has 0 aromatic heterocycles. The summed E-state index contributed by atoms with van der Waals surface area (Å²) in [5.41, 5.74) is 0.828. The maximum absolute atomic E-state index is 12.4. The molecule has 3 nitrogen and oxygen atoms in total. The first-order valence-electron chi connectivity index (χ1n) is 8.73. The van der Waals surface area contributed by atoms with Crippen molar-refractivity contribution in [1.82, 2.24) is 0 Å². The molecular formula is C19H26O3. The number of fused-ring (bicyclic) bond motifs is 5. The molecule has 2 fully saturated rings. The third-order valence-electron chi connectivity index (χ3n) is 7.58. The lowest BCUT2D eigenvalue weighted by atomic mass is 9.48. The Hall–Kier alpha value is -1.25. The van der Waals surface area contributed by atoms with Crippen LogP contribution in [0.25, 0.3) is 0 Å². The number of aliphatic hydroxyl groups excluding tert-OH is 2. The molecule has 5 atom stereocenters. The van der Waals surface area contributed by atoms with Gasteiger partial charge in [-0.15, -0.1) is 0 Å². The Balaban J connectivity index is 1.75. The van der Waals surface area contributed by atoms with Gasteiger partial charge in [0, 0.05) is 18.3 Å². The van der Waals surface area contributed by atoms with Crippen molar-refractivity contribution >= 4 is 5.78 Å². The van der Waals surface area contributed by atoms with E-state index in [9.17, 15) is 15.0 Å². The molecule has 3 heteroatoms. The molecule has 0 aromatic rings. The molecule has 0 heterocycles. The maximum atomic E-state index is 12.4. The van der Waals surface area contributed by atoms with E-state index in [1.165, 1.54) is 0 Å². The zero-order valence-corrected chi connectivity index (χ0v) is 13.6. The molecule has 4 aliphatic rings. The fourth-order valence-corrected chi connectivity index (χ4v) is 6.20. The molecule has 120 valence electrons. The van der Waals surface area contributed by atoms with Crippen molar-refractivity contribution in [2.45, 2.75) is 58.8 Å². The van der Waals surface area contributed by atoms with Crippen LogP contribution in [-0.2, 0) is 4.79 Å². The number of aliphatic hydroxyl groups is 2. The van der Waals surface area contributed by atoms with Crippen molar-refractivity contribution in [3.05, 3.63) is 23.2 Å². The molecule has 0 saturated heterocycles. The Bertz CT molecular complexity index is 602. The van der Waals surface area contributed by atoms with E-state index in [1.54, 1.807) is 0 Å². The summed E-state index contributed by atoms with van der Waals surface area (Å²) in [6.45, 7) is 4.45. The molecule has 4 rings (SSSR count). The van der Waals surface area contributed by atoms with Gasteiger partial charge in [0.2, 0.25) is 0 Å². The van der Waals surface area contributed by atoms with Crippen LogP contribution in [0.4, 0.5) is 0 Å². The number of hydrogen-bond acceptors (Lipinski definition) is 3. The summed E-state index contributed by atoms with van der Waals surface area (Å²) in [6.07, 6.45) is 8.45. The highest BCUT2D eigenvalue weighted by Gasteiger charge is 2.58. The highest BCUT2D eigenvalue weighted by atomic mass is 16.3. The largest absolute Gasteiger partial charge is 0.508 e. The molecule has 2 N–H and O–H groups in total. The lowest BCUT2D eigenvalue weighted by Gasteiger charge is -2.55. The second-order valence-electron chi connectivity index (χ2n) is 8.36. The van der Waals surface area contributed by atoms with Crippen LogP contribution in [0.2, 0.25) is 0 Å². The van der Waals surface area contributed by atoms with Crippen LogP contribution in [-0.4, -0.2) is 16.0 Å². The van der Waals surface area contributed by atoms with Crippen LogP contribution in [0.15, 0.2) is 23.2 Å². The number of hydrogen-bond donors (Lipinski definition) is 2. The smallest absolute Gasteiger partial charge is 0.156 e. The van der Waals surface area contributed by atoms with Gasteiger partial charge >= 0.3 is 0 Å². The molecule has 0 spiro atoms. The Labute approximate surface area is 132 Å². The Morgan fingerprint density at radius 3 is 2.55 bits per heavy atom. The maximum Gasteiger partial charge on any atom is 0.156 e. The zero-order valence-electron chi connectivity index (χ0n) is 13.6. The van der Waals surface area contributed by atoms with Crippen molar-refractivity contribution in [1.29, 1.82) is 0 Å². The van der Waals surface area contributed by atoms with Crippen LogP contribution in [0, 0.1) is 28.6 Å². The Morgan fingerprint density at radius 1 is 1.05 bits per heavy atom. The predicted octanol–water partition coefficient (Wildman–Crippen LogP) is 4.46. The van der Waals surface area contributed by atoms with Crippen molar-refractivity contribution in [2.24, 2.45) is 28.6 Å². The highest BCUT2D eigenvalue weighted by Crippen LogP contribution is 2.64. The van der Waals surface area contributed by atoms with Gasteiger partial charge in [-0.25, -0.2) is 0 Å². The summed E-state index contributed by atoms with van der Waals surface area (Å²) in [6, 6.07) is 0. The third kappa shape index (κ3) is 1.60. The van der Waals surface area contributed by atoms with E-state index >= 15 is 0 Å². The van der Waals surface area contributed by atoms with E-state index in [4.69, 9.17) is 0 Å². The van der Waals surface area contributed by atoms with Gasteiger partial charge in [0.05, 0.1) is 0 Å². The molecule has 0 aromatic carbocycles. The van der Waals surface area contributed by atoms with Crippen LogP contribution in [0.3, 0.4) is 0 Å². The lowest BCUT2D eigenvalue weighted by molar-refractivity contribution is -0.131. The van der Waals surface area contributed by atoms with E-state index in [1.807, 2.05) is 0 Å². The van der Waals surface area contributed by atoms with Gasteiger partial charge in [-0.2, -0.15) is 0 Å². The highest BCUT2D eigenvalue weighted by molar-refractivity contribution is 5.87. The second kappa shape index (κ2) is 4.39. The number of ketones is 1. The molecule has 5 unspecified atom stereocenters. The van der Waals surface area contributed by atoms with Crippen LogP contribution < -0.4 is 0 Å². The summed E-state index contributed by atoms with van der Waals surface area (Å²) in [7, 11) is 0. The van der Waals surface area contributed by atoms with Gasteiger partial charge in [-0.05, 0) is 60.8 Å². The van der Waals surface area contributed by atoms with Crippen molar-refractivity contribution in [2.75, 3.05) is 0 Å². The third-order valence-corrected chi connectivity index (χ3v) is 7.58. The molecule has 0 amide bonds. The van der Waals surface area contributed by atoms with Crippen LogP contribution in [0.5, 0.6) is 0 Å². The standard InChI is InChI=1S/C19H26O3/c1-18-10-8-15(20)17(22)14(18)4-3-11-12-5-6-16(21)19(12,2)9-7-13(11)18/h4,11-13,20,22H,3,5-10H2,1-2H3. The van der Waals surface area contributed by atoms with Gasteiger partial charge < -0.3 is 10.2 Å².